The number of anilines is 2. The van der Waals surface area contributed by atoms with Crippen LogP contribution < -0.4 is 19.7 Å². The van der Waals surface area contributed by atoms with Crippen LogP contribution in [-0.4, -0.2) is 43.4 Å². The van der Waals surface area contributed by atoms with E-state index in [-0.39, 0.29) is 24.8 Å². The molecule has 1 saturated heterocycles. The molecular weight excluding hydrogens is 553 g/mol. The Morgan fingerprint density at radius 2 is 1.79 bits per heavy atom. The van der Waals surface area contributed by atoms with Gasteiger partial charge in [0.05, 0.1) is 30.0 Å². The third-order valence-electron chi connectivity index (χ3n) is 8.00. The highest BCUT2D eigenvalue weighted by atomic mass is 19.1. The fourth-order valence-electron chi connectivity index (χ4n) is 5.57. The van der Waals surface area contributed by atoms with E-state index in [4.69, 9.17) is 15.0 Å². The standard InChI is InChI=1S/C32H34FN5O5/c33-28-6-1-2-7-29(28)36-32(41)26-11-10-25(43-20-35-37-34)17-30(26)38-14-12-21(13-15-38)19-42-24-5-3-4-23(16-24)27(18-31(39)40)22-8-9-22/h1-7,10-11,16-17,21-22,27H,8-9,12-15,18-20H2,(H,36,41)(H,39,40)/t27-/m1/s1. The van der Waals surface area contributed by atoms with E-state index in [1.165, 1.54) is 12.1 Å². The van der Waals surface area contributed by atoms with Crippen LogP contribution in [0.5, 0.6) is 11.5 Å². The molecule has 3 aromatic rings. The van der Waals surface area contributed by atoms with Crippen LogP contribution in [0.2, 0.25) is 0 Å². The predicted octanol–water partition coefficient (Wildman–Crippen LogP) is 6.99. The van der Waals surface area contributed by atoms with E-state index in [0.29, 0.717) is 48.5 Å². The first-order valence-corrected chi connectivity index (χ1v) is 14.4. The Hall–Kier alpha value is -4.76. The summed E-state index contributed by atoms with van der Waals surface area (Å²) in [6.45, 7) is 1.67. The minimum absolute atomic E-state index is 0.0144. The molecule has 2 aliphatic rings. The van der Waals surface area contributed by atoms with E-state index in [2.05, 4.69) is 20.2 Å². The summed E-state index contributed by atoms with van der Waals surface area (Å²) in [6, 6.07) is 18.8. The Labute approximate surface area is 249 Å². The number of rotatable bonds is 13. The number of nitrogens with one attached hydrogen (secondary N) is 1. The van der Waals surface area contributed by atoms with Crippen molar-refractivity contribution >= 4 is 23.3 Å². The molecule has 0 spiro atoms. The molecule has 10 nitrogen and oxygen atoms in total. The molecule has 2 N–H and O–H groups in total. The molecule has 3 aromatic carbocycles. The Kier molecular flexibility index (Phi) is 9.63. The van der Waals surface area contributed by atoms with E-state index in [1.807, 2.05) is 24.3 Å². The third kappa shape index (κ3) is 7.96. The molecule has 0 unspecified atom stereocenters. The number of benzene rings is 3. The Morgan fingerprint density at radius 1 is 1.02 bits per heavy atom. The van der Waals surface area contributed by atoms with Gasteiger partial charge in [0, 0.05) is 24.1 Å². The van der Waals surface area contributed by atoms with Crippen molar-refractivity contribution in [3.05, 3.63) is 94.1 Å². The first-order valence-electron chi connectivity index (χ1n) is 14.4. The SMILES string of the molecule is [N-]=[N+]=NCOc1ccc(C(=O)Nc2ccccc2F)c(N2CCC(COc3cccc([C@H](CC(=O)O)C4CC4)c3)CC2)c1. The van der Waals surface area contributed by atoms with Gasteiger partial charge in [-0.15, -0.1) is 0 Å². The second-order valence-electron chi connectivity index (χ2n) is 11.0. The number of carbonyl (C=O) groups is 2. The molecule has 1 aliphatic heterocycles. The number of nitrogens with zero attached hydrogens (tertiary/aromatic N) is 4. The Balaban J connectivity index is 1.23. The summed E-state index contributed by atoms with van der Waals surface area (Å²) in [5.41, 5.74) is 10.7. The van der Waals surface area contributed by atoms with Crippen molar-refractivity contribution in [3.8, 4) is 11.5 Å². The average Bonchev–Trinajstić information content (AvgIpc) is 3.86. The van der Waals surface area contributed by atoms with Crippen molar-refractivity contribution in [1.82, 2.24) is 0 Å². The van der Waals surface area contributed by atoms with E-state index in [0.717, 1.165) is 37.0 Å². The molecule has 1 aliphatic carbocycles. The summed E-state index contributed by atoms with van der Waals surface area (Å²) >= 11 is 0. The van der Waals surface area contributed by atoms with Crippen molar-refractivity contribution in [2.45, 2.75) is 38.0 Å². The lowest BCUT2D eigenvalue weighted by Crippen LogP contribution is -2.36. The fraction of sp³-hybridized carbons (Fsp3) is 0.375. The number of carboxylic acid groups (broad SMARTS) is 1. The van der Waals surface area contributed by atoms with Gasteiger partial charge in [-0.1, -0.05) is 29.4 Å². The lowest BCUT2D eigenvalue weighted by Gasteiger charge is -2.34. The molecule has 1 saturated carbocycles. The number of carboxylic acids is 1. The summed E-state index contributed by atoms with van der Waals surface area (Å²) in [6.07, 6.45) is 3.90. The summed E-state index contributed by atoms with van der Waals surface area (Å²) in [5.74, 6) is 0.171. The Bertz CT molecular complexity index is 1500. The second kappa shape index (κ2) is 13.9. The largest absolute Gasteiger partial charge is 0.493 e. The molecule has 0 aromatic heterocycles. The molecule has 43 heavy (non-hydrogen) atoms. The second-order valence-corrected chi connectivity index (χ2v) is 11.0. The van der Waals surface area contributed by atoms with Gasteiger partial charge in [-0.3, -0.25) is 9.59 Å². The van der Waals surface area contributed by atoms with Gasteiger partial charge in [0.1, 0.15) is 17.3 Å². The molecule has 1 atom stereocenters. The van der Waals surface area contributed by atoms with Crippen molar-refractivity contribution in [2.75, 3.05) is 36.6 Å². The zero-order valence-electron chi connectivity index (χ0n) is 23.7. The maximum Gasteiger partial charge on any atom is 0.303 e. The fourth-order valence-corrected chi connectivity index (χ4v) is 5.57. The lowest BCUT2D eigenvalue weighted by molar-refractivity contribution is -0.137. The third-order valence-corrected chi connectivity index (χ3v) is 8.00. The van der Waals surface area contributed by atoms with Crippen LogP contribution in [0.3, 0.4) is 0 Å². The summed E-state index contributed by atoms with van der Waals surface area (Å²) in [4.78, 5) is 29.4. The van der Waals surface area contributed by atoms with Crippen molar-refractivity contribution < 1.29 is 28.6 Å². The smallest absolute Gasteiger partial charge is 0.303 e. The number of azide groups is 1. The van der Waals surface area contributed by atoms with Gasteiger partial charge >= 0.3 is 5.97 Å². The number of para-hydroxylation sites is 1. The van der Waals surface area contributed by atoms with E-state index >= 15 is 0 Å². The number of halogens is 1. The quantitative estimate of drug-likeness (QED) is 0.126. The molecule has 1 heterocycles. The van der Waals surface area contributed by atoms with Crippen LogP contribution in [0, 0.1) is 17.7 Å². The molecule has 0 radical (unpaired) electrons. The number of carbonyl (C=O) groups excluding carboxylic acids is 1. The Morgan fingerprint density at radius 3 is 2.51 bits per heavy atom. The molecular formula is C32H34FN5O5. The topological polar surface area (TPSA) is 137 Å². The molecule has 0 bridgehead atoms. The van der Waals surface area contributed by atoms with Crippen LogP contribution in [0.4, 0.5) is 15.8 Å². The van der Waals surface area contributed by atoms with Crippen LogP contribution in [0.1, 0.15) is 53.9 Å². The van der Waals surface area contributed by atoms with Crippen LogP contribution in [0.15, 0.2) is 71.8 Å². The maximum absolute atomic E-state index is 14.2. The molecule has 224 valence electrons. The van der Waals surface area contributed by atoms with Gasteiger partial charge in [0.15, 0.2) is 6.73 Å². The van der Waals surface area contributed by atoms with E-state index in [9.17, 15) is 19.1 Å². The molecule has 2 fully saturated rings. The van der Waals surface area contributed by atoms with Crippen molar-refractivity contribution in [1.29, 1.82) is 0 Å². The van der Waals surface area contributed by atoms with Gasteiger partial charge < -0.3 is 24.8 Å². The first kappa shape index (κ1) is 29.7. The predicted molar refractivity (Wildman–Crippen MR) is 160 cm³/mol. The van der Waals surface area contributed by atoms with Crippen LogP contribution >= 0.6 is 0 Å². The number of aliphatic carboxylic acids is 1. The zero-order valence-corrected chi connectivity index (χ0v) is 23.7. The van der Waals surface area contributed by atoms with E-state index < -0.39 is 17.7 Å². The van der Waals surface area contributed by atoms with Gasteiger partial charge in [0.25, 0.3) is 5.91 Å². The normalized spacial score (nSPS) is 15.7. The molecule has 11 heteroatoms. The number of amides is 1. The zero-order chi connectivity index (χ0) is 30.2. The van der Waals surface area contributed by atoms with Gasteiger partial charge in [-0.05, 0) is 90.9 Å². The van der Waals surface area contributed by atoms with Gasteiger partial charge in [-0.25, -0.2) is 4.39 Å². The minimum Gasteiger partial charge on any atom is -0.493 e. The summed E-state index contributed by atoms with van der Waals surface area (Å²) in [7, 11) is 0. The maximum atomic E-state index is 14.2. The van der Waals surface area contributed by atoms with Gasteiger partial charge in [-0.2, -0.15) is 0 Å². The van der Waals surface area contributed by atoms with Crippen LogP contribution in [-0.2, 0) is 4.79 Å². The first-order chi connectivity index (χ1) is 20.9. The number of ether oxygens (including phenoxy) is 2. The monoisotopic (exact) mass is 587 g/mol. The highest BCUT2D eigenvalue weighted by Gasteiger charge is 2.34. The highest BCUT2D eigenvalue weighted by molar-refractivity contribution is 6.08. The minimum atomic E-state index is -0.782. The summed E-state index contributed by atoms with van der Waals surface area (Å²) in [5, 5.41) is 15.4. The number of hydrogen-bond acceptors (Lipinski definition) is 6. The van der Waals surface area contributed by atoms with Crippen molar-refractivity contribution in [3.63, 3.8) is 0 Å². The number of piperidine rings is 1. The van der Waals surface area contributed by atoms with Crippen LogP contribution in [0.25, 0.3) is 10.4 Å². The lowest BCUT2D eigenvalue weighted by atomic mass is 9.91. The highest BCUT2D eigenvalue weighted by Crippen LogP contribution is 2.45. The molecule has 5 rings (SSSR count). The average molecular weight is 588 g/mol. The van der Waals surface area contributed by atoms with E-state index in [1.54, 1.807) is 30.3 Å². The molecule has 1 amide bonds. The van der Waals surface area contributed by atoms with Crippen molar-refractivity contribution in [2.24, 2.45) is 17.0 Å². The number of hydrogen-bond donors (Lipinski definition) is 2. The summed E-state index contributed by atoms with van der Waals surface area (Å²) < 4.78 is 25.9. The van der Waals surface area contributed by atoms with Gasteiger partial charge in [0.2, 0.25) is 0 Å².